The van der Waals surface area contributed by atoms with Crippen LogP contribution in [0.1, 0.15) is 12.5 Å². The first-order valence-corrected chi connectivity index (χ1v) is 6.18. The van der Waals surface area contributed by atoms with Crippen molar-refractivity contribution in [1.82, 2.24) is 0 Å². The first-order chi connectivity index (χ1) is 6.60. The van der Waals surface area contributed by atoms with Gasteiger partial charge in [-0.3, -0.25) is 0 Å². The molecule has 0 aliphatic heterocycles. The molecular weight excluding hydrogens is 200 g/mol. The molecule has 0 aromatic heterocycles. The second-order valence-corrected chi connectivity index (χ2v) is 5.30. The summed E-state index contributed by atoms with van der Waals surface area (Å²) in [6.45, 7) is 1.71. The Kier molecular flexibility index (Phi) is 3.66. The summed E-state index contributed by atoms with van der Waals surface area (Å²) in [6, 6.07) is 6.64. The number of benzene rings is 1. The molecule has 0 fully saturated rings. The average Bonchev–Trinajstić information content (AvgIpc) is 2.19. The normalized spacial score (nSPS) is 11.6. The van der Waals surface area contributed by atoms with Crippen molar-refractivity contribution in [3.63, 3.8) is 0 Å². The minimum atomic E-state index is -3.09. The minimum Gasteiger partial charge on any atom is -0.396 e. The zero-order valence-electron chi connectivity index (χ0n) is 8.10. The van der Waals surface area contributed by atoms with Gasteiger partial charge in [-0.2, -0.15) is 0 Å². The highest BCUT2D eigenvalue weighted by atomic mass is 32.2. The molecule has 0 spiro atoms. The highest BCUT2D eigenvalue weighted by Gasteiger charge is 2.10. The Morgan fingerprint density at radius 3 is 2.21 bits per heavy atom. The monoisotopic (exact) mass is 214 g/mol. The molecule has 3 nitrogen and oxygen atoms in total. The average molecular weight is 214 g/mol. The molecule has 0 saturated carbocycles. The first kappa shape index (κ1) is 11.2. The van der Waals surface area contributed by atoms with Crippen LogP contribution in [0.2, 0.25) is 0 Å². The van der Waals surface area contributed by atoms with Crippen LogP contribution in [0.25, 0.3) is 0 Å². The zero-order valence-corrected chi connectivity index (χ0v) is 8.92. The van der Waals surface area contributed by atoms with Crippen molar-refractivity contribution in [2.45, 2.75) is 18.2 Å². The van der Waals surface area contributed by atoms with Gasteiger partial charge < -0.3 is 5.11 Å². The van der Waals surface area contributed by atoms with Gasteiger partial charge in [0.05, 0.1) is 10.6 Å². The van der Waals surface area contributed by atoms with Gasteiger partial charge in [-0.25, -0.2) is 8.42 Å². The van der Waals surface area contributed by atoms with Crippen molar-refractivity contribution in [2.24, 2.45) is 0 Å². The third kappa shape index (κ3) is 2.56. The molecule has 0 amide bonds. The van der Waals surface area contributed by atoms with Crippen molar-refractivity contribution in [2.75, 3.05) is 12.4 Å². The summed E-state index contributed by atoms with van der Waals surface area (Å²) in [4.78, 5) is 0.349. The van der Waals surface area contributed by atoms with E-state index >= 15 is 0 Å². The highest BCUT2D eigenvalue weighted by Crippen LogP contribution is 2.12. The van der Waals surface area contributed by atoms with E-state index in [1.54, 1.807) is 31.2 Å². The highest BCUT2D eigenvalue weighted by molar-refractivity contribution is 7.91. The molecule has 0 atom stereocenters. The van der Waals surface area contributed by atoms with Crippen LogP contribution >= 0.6 is 0 Å². The Morgan fingerprint density at radius 2 is 1.79 bits per heavy atom. The molecule has 1 N–H and O–H groups in total. The van der Waals surface area contributed by atoms with Crippen LogP contribution in [-0.4, -0.2) is 25.9 Å². The molecule has 1 aromatic rings. The van der Waals surface area contributed by atoms with E-state index in [0.717, 1.165) is 5.56 Å². The first-order valence-electron chi connectivity index (χ1n) is 4.52. The SMILES string of the molecule is CCS(=O)(=O)c1ccc(CCO)cc1. The Balaban J connectivity index is 2.94. The Bertz CT molecular complexity index is 378. The molecule has 1 aromatic carbocycles. The topological polar surface area (TPSA) is 54.4 Å². The van der Waals surface area contributed by atoms with E-state index in [1.807, 2.05) is 0 Å². The summed E-state index contributed by atoms with van der Waals surface area (Å²) < 4.78 is 22.8. The Labute approximate surface area is 84.3 Å². The fraction of sp³-hybridized carbons (Fsp3) is 0.400. The third-order valence-corrected chi connectivity index (χ3v) is 3.81. The van der Waals surface area contributed by atoms with Crippen molar-refractivity contribution in [3.8, 4) is 0 Å². The molecule has 0 unspecified atom stereocenters. The maximum absolute atomic E-state index is 11.4. The van der Waals surface area contributed by atoms with E-state index in [2.05, 4.69) is 0 Å². The molecule has 0 aliphatic carbocycles. The van der Waals surface area contributed by atoms with Gasteiger partial charge in [0, 0.05) is 6.61 Å². The van der Waals surface area contributed by atoms with E-state index in [9.17, 15) is 8.42 Å². The molecule has 1 rings (SSSR count). The summed E-state index contributed by atoms with van der Waals surface area (Å²) in [6.07, 6.45) is 0.562. The molecule has 0 heterocycles. The Hall–Kier alpha value is -0.870. The van der Waals surface area contributed by atoms with Gasteiger partial charge in [0.2, 0.25) is 0 Å². The number of aliphatic hydroxyl groups excluding tert-OH is 1. The van der Waals surface area contributed by atoms with Crippen LogP contribution in [0.5, 0.6) is 0 Å². The van der Waals surface area contributed by atoms with E-state index in [-0.39, 0.29) is 12.4 Å². The van der Waals surface area contributed by atoms with Crippen molar-refractivity contribution in [1.29, 1.82) is 0 Å². The molecule has 0 aliphatic rings. The van der Waals surface area contributed by atoms with Gasteiger partial charge in [0.25, 0.3) is 0 Å². The molecular formula is C10H14O3S. The van der Waals surface area contributed by atoms with Crippen LogP contribution in [0.4, 0.5) is 0 Å². The summed E-state index contributed by atoms with van der Waals surface area (Å²) in [5, 5.41) is 8.68. The maximum atomic E-state index is 11.4. The second kappa shape index (κ2) is 4.57. The van der Waals surface area contributed by atoms with Gasteiger partial charge in [-0.1, -0.05) is 19.1 Å². The molecule has 0 saturated heterocycles. The van der Waals surface area contributed by atoms with E-state index in [1.165, 1.54) is 0 Å². The lowest BCUT2D eigenvalue weighted by Gasteiger charge is -2.02. The lowest BCUT2D eigenvalue weighted by atomic mass is 10.2. The fourth-order valence-corrected chi connectivity index (χ4v) is 2.04. The van der Waals surface area contributed by atoms with Crippen LogP contribution in [-0.2, 0) is 16.3 Å². The van der Waals surface area contributed by atoms with Crippen LogP contribution in [0.15, 0.2) is 29.2 Å². The van der Waals surface area contributed by atoms with Gasteiger partial charge in [0.1, 0.15) is 0 Å². The van der Waals surface area contributed by atoms with E-state index in [0.29, 0.717) is 11.3 Å². The number of aliphatic hydroxyl groups is 1. The van der Waals surface area contributed by atoms with Gasteiger partial charge in [-0.05, 0) is 24.1 Å². The van der Waals surface area contributed by atoms with Crippen molar-refractivity contribution < 1.29 is 13.5 Å². The molecule has 78 valence electrons. The van der Waals surface area contributed by atoms with Gasteiger partial charge in [-0.15, -0.1) is 0 Å². The number of hydrogen-bond acceptors (Lipinski definition) is 3. The number of rotatable bonds is 4. The fourth-order valence-electron chi connectivity index (χ4n) is 1.16. The van der Waals surface area contributed by atoms with Crippen molar-refractivity contribution >= 4 is 9.84 Å². The van der Waals surface area contributed by atoms with E-state index in [4.69, 9.17) is 5.11 Å². The predicted molar refractivity (Wildman–Crippen MR) is 55.0 cm³/mol. The summed E-state index contributed by atoms with van der Waals surface area (Å²) in [5.74, 6) is 0.117. The van der Waals surface area contributed by atoms with Crippen LogP contribution < -0.4 is 0 Å². The third-order valence-electron chi connectivity index (χ3n) is 2.06. The summed E-state index contributed by atoms with van der Waals surface area (Å²) in [7, 11) is -3.09. The quantitative estimate of drug-likeness (QED) is 0.814. The van der Waals surface area contributed by atoms with Gasteiger partial charge in [0.15, 0.2) is 9.84 Å². The molecule has 4 heteroatoms. The van der Waals surface area contributed by atoms with Crippen molar-refractivity contribution in [3.05, 3.63) is 29.8 Å². The lowest BCUT2D eigenvalue weighted by molar-refractivity contribution is 0.299. The second-order valence-electron chi connectivity index (χ2n) is 3.02. The van der Waals surface area contributed by atoms with Crippen LogP contribution in [0.3, 0.4) is 0 Å². The van der Waals surface area contributed by atoms with Gasteiger partial charge >= 0.3 is 0 Å². The lowest BCUT2D eigenvalue weighted by Crippen LogP contribution is -2.03. The maximum Gasteiger partial charge on any atom is 0.178 e. The standard InChI is InChI=1S/C10H14O3S/c1-2-14(12,13)10-5-3-9(4-6-10)7-8-11/h3-6,11H,2,7-8H2,1H3. The summed E-state index contributed by atoms with van der Waals surface area (Å²) >= 11 is 0. The smallest absolute Gasteiger partial charge is 0.178 e. The summed E-state index contributed by atoms with van der Waals surface area (Å²) in [5.41, 5.74) is 0.947. The molecule has 14 heavy (non-hydrogen) atoms. The minimum absolute atomic E-state index is 0.0832. The van der Waals surface area contributed by atoms with E-state index < -0.39 is 9.84 Å². The number of sulfone groups is 1. The Morgan fingerprint density at radius 1 is 1.21 bits per heavy atom. The largest absolute Gasteiger partial charge is 0.396 e. The van der Waals surface area contributed by atoms with Crippen LogP contribution in [0, 0.1) is 0 Å². The molecule has 0 radical (unpaired) electrons. The zero-order chi connectivity index (χ0) is 10.6. The molecule has 0 bridgehead atoms. The number of hydrogen-bond donors (Lipinski definition) is 1. The predicted octanol–water partition coefficient (Wildman–Crippen LogP) is 1.02.